The number of hydrogen-bond acceptors (Lipinski definition) is 8. The fourth-order valence-corrected chi connectivity index (χ4v) is 3.53. The van der Waals surface area contributed by atoms with Crippen LogP contribution in [0, 0.1) is 0 Å². The number of allylic oxidation sites excluding steroid dienone is 1. The zero-order valence-corrected chi connectivity index (χ0v) is 26.3. The maximum Gasteiger partial charge on any atom is 0.118 e. The van der Waals surface area contributed by atoms with Crippen LogP contribution in [0.15, 0.2) is 37.1 Å². The van der Waals surface area contributed by atoms with Crippen LogP contribution < -0.4 is 0 Å². The summed E-state index contributed by atoms with van der Waals surface area (Å²) in [5.41, 5.74) is 4.07. The Labute approximate surface area is 242 Å². The second kappa shape index (κ2) is 21.0. The molecule has 40 heavy (non-hydrogen) atoms. The van der Waals surface area contributed by atoms with Crippen LogP contribution in [0.3, 0.4) is 0 Å². The van der Waals surface area contributed by atoms with Gasteiger partial charge in [-0.2, -0.15) is 0 Å². The van der Waals surface area contributed by atoms with Gasteiger partial charge in [0, 0.05) is 14.2 Å². The largest absolute Gasteiger partial charge is 0.496 e. The van der Waals surface area contributed by atoms with Gasteiger partial charge in [0.1, 0.15) is 6.10 Å². The van der Waals surface area contributed by atoms with Crippen molar-refractivity contribution in [1.29, 1.82) is 0 Å². The molecule has 0 radical (unpaired) electrons. The normalized spacial score (nSPS) is 16.7. The second-order valence-corrected chi connectivity index (χ2v) is 10.5. The van der Waals surface area contributed by atoms with Gasteiger partial charge in [-0.25, -0.2) is 0 Å². The van der Waals surface area contributed by atoms with Crippen molar-refractivity contribution in [3.63, 3.8) is 0 Å². The lowest BCUT2D eigenvalue weighted by Crippen LogP contribution is -2.26. The van der Waals surface area contributed by atoms with Gasteiger partial charge < -0.3 is 37.9 Å². The van der Waals surface area contributed by atoms with Crippen LogP contribution in [0.5, 0.6) is 0 Å². The highest BCUT2D eigenvalue weighted by Crippen LogP contribution is 2.19. The van der Waals surface area contributed by atoms with E-state index < -0.39 is 0 Å². The highest BCUT2D eigenvalue weighted by atomic mass is 16.6. The SMILES string of the molecule is C=C(COC(C)COC(C)COC(C)COC)c1ccc(/C(C)=C/OC(C)COC(C)COC(C)COC)cc1. The molecular weight excluding hydrogens is 512 g/mol. The molecule has 0 heterocycles. The summed E-state index contributed by atoms with van der Waals surface area (Å²) in [6.45, 7) is 21.7. The third kappa shape index (κ3) is 16.5. The van der Waals surface area contributed by atoms with Gasteiger partial charge in [-0.1, -0.05) is 30.8 Å². The molecule has 0 bridgehead atoms. The van der Waals surface area contributed by atoms with Gasteiger partial charge in [0.25, 0.3) is 0 Å². The van der Waals surface area contributed by atoms with Crippen molar-refractivity contribution >= 4 is 11.1 Å². The van der Waals surface area contributed by atoms with E-state index in [1.807, 2.05) is 48.5 Å². The fraction of sp³-hybridized carbons (Fsp3) is 0.688. The summed E-state index contributed by atoms with van der Waals surface area (Å²) in [6, 6.07) is 8.24. The number of rotatable bonds is 23. The smallest absolute Gasteiger partial charge is 0.118 e. The molecule has 0 spiro atoms. The molecule has 0 N–H and O–H groups in total. The van der Waals surface area contributed by atoms with E-state index in [0.717, 1.165) is 22.3 Å². The summed E-state index contributed by atoms with van der Waals surface area (Å²) >= 11 is 0. The van der Waals surface area contributed by atoms with E-state index in [1.165, 1.54) is 0 Å². The summed E-state index contributed by atoms with van der Waals surface area (Å²) in [4.78, 5) is 0. The first-order valence-electron chi connectivity index (χ1n) is 14.2. The van der Waals surface area contributed by atoms with E-state index in [9.17, 15) is 0 Å². The lowest BCUT2D eigenvalue weighted by molar-refractivity contribution is -0.0736. The minimum Gasteiger partial charge on any atom is -0.496 e. The molecular formula is C32H54O8. The van der Waals surface area contributed by atoms with Crippen molar-refractivity contribution in [3.05, 3.63) is 48.2 Å². The predicted octanol–water partition coefficient (Wildman–Crippen LogP) is 5.78. The second-order valence-electron chi connectivity index (χ2n) is 10.5. The van der Waals surface area contributed by atoms with Crippen LogP contribution in [0.2, 0.25) is 0 Å². The Balaban J connectivity index is 2.37. The Morgan fingerprint density at radius 2 is 0.975 bits per heavy atom. The van der Waals surface area contributed by atoms with Crippen LogP contribution in [-0.2, 0) is 37.9 Å². The maximum atomic E-state index is 5.95. The highest BCUT2D eigenvalue weighted by Gasteiger charge is 2.12. The fourth-order valence-electron chi connectivity index (χ4n) is 3.53. The number of benzene rings is 1. The number of methoxy groups -OCH3 is 2. The first kappa shape index (κ1) is 36.2. The monoisotopic (exact) mass is 566 g/mol. The molecule has 0 aliphatic rings. The molecule has 1 aromatic carbocycles. The van der Waals surface area contributed by atoms with Gasteiger partial charge in [-0.05, 0) is 70.7 Å². The van der Waals surface area contributed by atoms with Gasteiger partial charge in [0.15, 0.2) is 0 Å². The Kier molecular flexibility index (Phi) is 19.0. The number of hydrogen-bond donors (Lipinski definition) is 0. The van der Waals surface area contributed by atoms with Gasteiger partial charge in [0.05, 0.1) is 83.0 Å². The van der Waals surface area contributed by atoms with Crippen molar-refractivity contribution in [2.75, 3.05) is 60.5 Å². The molecule has 6 unspecified atom stereocenters. The third-order valence-corrected chi connectivity index (χ3v) is 6.03. The molecule has 230 valence electrons. The highest BCUT2D eigenvalue weighted by molar-refractivity contribution is 5.68. The molecule has 0 saturated carbocycles. The van der Waals surface area contributed by atoms with Crippen molar-refractivity contribution < 1.29 is 37.9 Å². The van der Waals surface area contributed by atoms with Crippen molar-refractivity contribution in [1.82, 2.24) is 0 Å². The summed E-state index contributed by atoms with van der Waals surface area (Å²) in [6.07, 6.45) is 1.71. The van der Waals surface area contributed by atoms with E-state index in [2.05, 4.69) is 30.8 Å². The molecule has 1 aromatic rings. The van der Waals surface area contributed by atoms with E-state index in [4.69, 9.17) is 37.9 Å². The van der Waals surface area contributed by atoms with Gasteiger partial charge in [-0.3, -0.25) is 0 Å². The van der Waals surface area contributed by atoms with Crippen LogP contribution >= 0.6 is 0 Å². The first-order chi connectivity index (χ1) is 19.0. The lowest BCUT2D eigenvalue weighted by Gasteiger charge is -2.20. The zero-order valence-electron chi connectivity index (χ0n) is 26.3. The molecule has 0 aromatic heterocycles. The van der Waals surface area contributed by atoms with Crippen LogP contribution in [-0.4, -0.2) is 97.1 Å². The first-order valence-corrected chi connectivity index (χ1v) is 14.2. The Bertz CT molecular complexity index is 825. The van der Waals surface area contributed by atoms with Crippen LogP contribution in [0.25, 0.3) is 11.1 Å². The minimum atomic E-state index is -0.0781. The molecule has 0 fully saturated rings. The summed E-state index contributed by atoms with van der Waals surface area (Å²) < 4.78 is 45.1. The van der Waals surface area contributed by atoms with Gasteiger partial charge >= 0.3 is 0 Å². The predicted molar refractivity (Wildman–Crippen MR) is 160 cm³/mol. The molecule has 6 atom stereocenters. The van der Waals surface area contributed by atoms with E-state index in [1.54, 1.807) is 20.5 Å². The quantitative estimate of drug-likeness (QED) is 0.154. The molecule has 8 nitrogen and oxygen atoms in total. The van der Waals surface area contributed by atoms with Crippen molar-refractivity contribution in [2.45, 2.75) is 85.1 Å². The van der Waals surface area contributed by atoms with E-state index in [0.29, 0.717) is 46.2 Å². The van der Waals surface area contributed by atoms with Gasteiger partial charge in [0.2, 0.25) is 0 Å². The molecule has 0 aliphatic heterocycles. The number of ether oxygens (including phenoxy) is 8. The van der Waals surface area contributed by atoms with Crippen LogP contribution in [0.4, 0.5) is 0 Å². The topological polar surface area (TPSA) is 73.8 Å². The summed E-state index contributed by atoms with van der Waals surface area (Å²) in [5, 5.41) is 0. The Hall–Kier alpha value is -1.78. The average molecular weight is 567 g/mol. The van der Waals surface area contributed by atoms with Gasteiger partial charge in [-0.15, -0.1) is 0 Å². The maximum absolute atomic E-state index is 5.95. The minimum absolute atomic E-state index is 0.0183. The zero-order chi connectivity index (χ0) is 29.9. The molecule has 0 amide bonds. The Morgan fingerprint density at radius 3 is 1.43 bits per heavy atom. The molecule has 1 rings (SSSR count). The Morgan fingerprint density at radius 1 is 0.600 bits per heavy atom. The third-order valence-electron chi connectivity index (χ3n) is 6.03. The molecule has 0 saturated heterocycles. The van der Waals surface area contributed by atoms with Crippen molar-refractivity contribution in [3.8, 4) is 0 Å². The standard InChI is InChI=1S/C32H54O8/c1-23(15-35-27(5)19-39-29(7)21-37-25(3)17-33-9)31-11-13-32(14-12-31)24(2)16-36-28(6)20-40-30(8)22-38-26(4)18-34-10/h11-14,16,25-30H,1,15,17-22H2,2-10H3/b24-16+. The summed E-state index contributed by atoms with van der Waals surface area (Å²) in [7, 11) is 3.33. The average Bonchev–Trinajstić information content (AvgIpc) is 2.94. The van der Waals surface area contributed by atoms with Crippen molar-refractivity contribution in [2.24, 2.45) is 0 Å². The van der Waals surface area contributed by atoms with E-state index >= 15 is 0 Å². The van der Waals surface area contributed by atoms with Crippen LogP contribution in [0.1, 0.15) is 59.6 Å². The summed E-state index contributed by atoms with van der Waals surface area (Å²) in [5.74, 6) is 0. The molecule has 0 aliphatic carbocycles. The molecule has 8 heteroatoms. The lowest BCUT2D eigenvalue weighted by atomic mass is 10.0. The van der Waals surface area contributed by atoms with E-state index in [-0.39, 0.29) is 36.6 Å².